The average Bonchev–Trinajstić information content (AvgIpc) is 2.63. The lowest BCUT2D eigenvalue weighted by molar-refractivity contribution is -0.124. The maximum absolute atomic E-state index is 12.9. The summed E-state index contributed by atoms with van der Waals surface area (Å²) < 4.78 is 5.23. The van der Waals surface area contributed by atoms with E-state index in [1.807, 2.05) is 24.3 Å². The van der Waals surface area contributed by atoms with Gasteiger partial charge in [-0.3, -0.25) is 9.59 Å². The largest absolute Gasteiger partial charge is 0.497 e. The highest BCUT2D eigenvalue weighted by Gasteiger charge is 2.36. The minimum atomic E-state index is -0.567. The third-order valence-corrected chi connectivity index (χ3v) is 4.61. The van der Waals surface area contributed by atoms with Gasteiger partial charge in [0.15, 0.2) is 0 Å². The number of amides is 2. The van der Waals surface area contributed by atoms with Crippen LogP contribution in [0.2, 0.25) is 0 Å². The predicted octanol–water partition coefficient (Wildman–Crippen LogP) is 1.98. The fourth-order valence-electron chi connectivity index (χ4n) is 3.13. The van der Waals surface area contributed by atoms with Gasteiger partial charge in [-0.05, 0) is 32.9 Å². The molecule has 2 aromatic rings. The third-order valence-electron chi connectivity index (χ3n) is 4.61. The number of aromatic nitrogens is 2. The summed E-state index contributed by atoms with van der Waals surface area (Å²) in [7, 11) is 1.59. The van der Waals surface area contributed by atoms with Crippen molar-refractivity contribution in [3.05, 3.63) is 47.5 Å². The van der Waals surface area contributed by atoms with Crippen LogP contribution in [0.4, 0.5) is 5.69 Å². The molecule has 0 spiro atoms. The molecule has 0 bridgehead atoms. The van der Waals surface area contributed by atoms with Crippen LogP contribution in [0.5, 0.6) is 5.75 Å². The van der Waals surface area contributed by atoms with E-state index < -0.39 is 6.04 Å². The SMILES string of the molecule is COc1cccc(N2CCN(C(=O)c3cnc(C)nc3C)[C@@H](C)C2=O)c1. The van der Waals surface area contributed by atoms with E-state index in [9.17, 15) is 9.59 Å². The zero-order valence-electron chi connectivity index (χ0n) is 15.4. The van der Waals surface area contributed by atoms with Gasteiger partial charge in [-0.2, -0.15) is 0 Å². The molecule has 7 nitrogen and oxygen atoms in total. The van der Waals surface area contributed by atoms with Crippen molar-refractivity contribution in [2.45, 2.75) is 26.8 Å². The van der Waals surface area contributed by atoms with Gasteiger partial charge in [-0.1, -0.05) is 6.07 Å². The zero-order chi connectivity index (χ0) is 18.8. The number of methoxy groups -OCH3 is 1. The first-order valence-corrected chi connectivity index (χ1v) is 8.49. The molecule has 0 N–H and O–H groups in total. The number of hydrogen-bond acceptors (Lipinski definition) is 5. The van der Waals surface area contributed by atoms with Crippen LogP contribution < -0.4 is 9.64 Å². The normalized spacial score (nSPS) is 17.4. The fraction of sp³-hybridized carbons (Fsp3) is 0.368. The maximum Gasteiger partial charge on any atom is 0.258 e. The highest BCUT2D eigenvalue weighted by Crippen LogP contribution is 2.25. The van der Waals surface area contributed by atoms with Gasteiger partial charge < -0.3 is 14.5 Å². The van der Waals surface area contributed by atoms with Crippen LogP contribution in [0.25, 0.3) is 0 Å². The second-order valence-electron chi connectivity index (χ2n) is 6.28. The summed E-state index contributed by atoms with van der Waals surface area (Å²) in [6, 6.07) is 6.79. The van der Waals surface area contributed by atoms with Crippen molar-refractivity contribution in [3.8, 4) is 5.75 Å². The van der Waals surface area contributed by atoms with Crippen LogP contribution in [0.1, 0.15) is 28.8 Å². The molecule has 0 saturated carbocycles. The number of rotatable bonds is 3. The van der Waals surface area contributed by atoms with Gasteiger partial charge in [0.1, 0.15) is 17.6 Å². The van der Waals surface area contributed by atoms with Crippen molar-refractivity contribution in [2.24, 2.45) is 0 Å². The third kappa shape index (κ3) is 3.24. The molecule has 1 aromatic carbocycles. The quantitative estimate of drug-likeness (QED) is 0.842. The molecule has 0 aliphatic carbocycles. The molecule has 26 heavy (non-hydrogen) atoms. The fourth-order valence-corrected chi connectivity index (χ4v) is 3.13. The van der Waals surface area contributed by atoms with Gasteiger partial charge in [0.2, 0.25) is 5.91 Å². The molecule has 1 aliphatic heterocycles. The van der Waals surface area contributed by atoms with Crippen LogP contribution in [-0.2, 0) is 4.79 Å². The zero-order valence-corrected chi connectivity index (χ0v) is 15.4. The number of anilines is 1. The number of ether oxygens (including phenoxy) is 1. The number of hydrogen-bond donors (Lipinski definition) is 0. The van der Waals surface area contributed by atoms with E-state index in [0.29, 0.717) is 35.9 Å². The number of piperazine rings is 1. The van der Waals surface area contributed by atoms with Crippen molar-refractivity contribution in [1.29, 1.82) is 0 Å². The Bertz CT molecular complexity index is 852. The molecule has 2 amide bonds. The molecule has 0 unspecified atom stereocenters. The standard InChI is InChI=1S/C19H22N4O3/c1-12-17(11-20-14(3)21-12)19(25)22-8-9-23(18(24)13(22)2)15-6-5-7-16(10-15)26-4/h5-7,10-11,13H,8-9H2,1-4H3/t13-/m0/s1. The minimum absolute atomic E-state index is 0.122. The van der Waals surface area contributed by atoms with E-state index in [0.717, 1.165) is 5.69 Å². The second-order valence-corrected chi connectivity index (χ2v) is 6.28. The smallest absolute Gasteiger partial charge is 0.258 e. The monoisotopic (exact) mass is 354 g/mol. The molecule has 0 radical (unpaired) electrons. The van der Waals surface area contributed by atoms with E-state index in [2.05, 4.69) is 9.97 Å². The average molecular weight is 354 g/mol. The highest BCUT2D eigenvalue weighted by molar-refractivity contribution is 6.03. The number of nitrogens with zero attached hydrogens (tertiary/aromatic N) is 4. The van der Waals surface area contributed by atoms with Gasteiger partial charge in [-0.25, -0.2) is 9.97 Å². The van der Waals surface area contributed by atoms with Crippen LogP contribution in [0.3, 0.4) is 0 Å². The molecular weight excluding hydrogens is 332 g/mol. The lowest BCUT2D eigenvalue weighted by atomic mass is 10.1. The number of benzene rings is 1. The van der Waals surface area contributed by atoms with Crippen molar-refractivity contribution < 1.29 is 14.3 Å². The van der Waals surface area contributed by atoms with Gasteiger partial charge in [-0.15, -0.1) is 0 Å². The van der Waals surface area contributed by atoms with Crippen LogP contribution in [-0.4, -0.2) is 52.9 Å². The maximum atomic E-state index is 12.9. The number of aryl methyl sites for hydroxylation is 2. The Morgan fingerprint density at radius 3 is 2.73 bits per heavy atom. The molecule has 1 saturated heterocycles. The summed E-state index contributed by atoms with van der Waals surface area (Å²) >= 11 is 0. The minimum Gasteiger partial charge on any atom is -0.497 e. The number of carbonyl (C=O) groups is 2. The van der Waals surface area contributed by atoms with E-state index in [4.69, 9.17) is 4.74 Å². The molecular formula is C19H22N4O3. The van der Waals surface area contributed by atoms with Gasteiger partial charge in [0.25, 0.3) is 5.91 Å². The Morgan fingerprint density at radius 2 is 2.04 bits per heavy atom. The topological polar surface area (TPSA) is 75.6 Å². The van der Waals surface area contributed by atoms with E-state index in [1.54, 1.807) is 37.7 Å². The lowest BCUT2D eigenvalue weighted by Crippen LogP contribution is -2.57. The van der Waals surface area contributed by atoms with Gasteiger partial charge in [0, 0.05) is 31.0 Å². The highest BCUT2D eigenvalue weighted by atomic mass is 16.5. The first-order chi connectivity index (χ1) is 12.4. The lowest BCUT2D eigenvalue weighted by Gasteiger charge is -2.39. The first kappa shape index (κ1) is 17.8. The molecule has 1 fully saturated rings. The van der Waals surface area contributed by atoms with Crippen molar-refractivity contribution in [3.63, 3.8) is 0 Å². The summed E-state index contributed by atoms with van der Waals surface area (Å²) in [6.07, 6.45) is 1.53. The van der Waals surface area contributed by atoms with Crippen LogP contribution in [0, 0.1) is 13.8 Å². The molecule has 1 aliphatic rings. The second kappa shape index (κ2) is 7.11. The first-order valence-electron chi connectivity index (χ1n) is 8.49. The summed E-state index contributed by atoms with van der Waals surface area (Å²) in [5.41, 5.74) is 1.82. The van der Waals surface area contributed by atoms with Crippen molar-refractivity contribution in [2.75, 3.05) is 25.1 Å². The summed E-state index contributed by atoms with van der Waals surface area (Å²) in [5.74, 6) is 0.970. The predicted molar refractivity (Wildman–Crippen MR) is 97.4 cm³/mol. The Kier molecular flexibility index (Phi) is 4.88. The Morgan fingerprint density at radius 1 is 1.27 bits per heavy atom. The molecule has 3 rings (SSSR count). The van der Waals surface area contributed by atoms with Gasteiger partial charge in [0.05, 0.1) is 18.4 Å². The van der Waals surface area contributed by atoms with Crippen LogP contribution in [0.15, 0.2) is 30.5 Å². The molecule has 1 atom stereocenters. The molecule has 2 heterocycles. The summed E-state index contributed by atoms with van der Waals surface area (Å²) in [5, 5.41) is 0. The molecule has 136 valence electrons. The Hall–Kier alpha value is -2.96. The van der Waals surface area contributed by atoms with Crippen molar-refractivity contribution >= 4 is 17.5 Å². The number of carbonyl (C=O) groups excluding carboxylic acids is 2. The van der Waals surface area contributed by atoms with E-state index in [-0.39, 0.29) is 11.8 Å². The van der Waals surface area contributed by atoms with Gasteiger partial charge >= 0.3 is 0 Å². The van der Waals surface area contributed by atoms with E-state index >= 15 is 0 Å². The Labute approximate surface area is 152 Å². The van der Waals surface area contributed by atoms with Crippen LogP contribution >= 0.6 is 0 Å². The summed E-state index contributed by atoms with van der Waals surface area (Å²) in [4.78, 5) is 37.4. The molecule has 7 heteroatoms. The Balaban J connectivity index is 1.82. The molecule has 1 aromatic heterocycles. The van der Waals surface area contributed by atoms with E-state index in [1.165, 1.54) is 6.20 Å². The van der Waals surface area contributed by atoms with Crippen molar-refractivity contribution in [1.82, 2.24) is 14.9 Å². The summed E-state index contributed by atoms with van der Waals surface area (Å²) in [6.45, 7) is 6.17.